The summed E-state index contributed by atoms with van der Waals surface area (Å²) in [4.78, 5) is 4.30. The lowest BCUT2D eigenvalue weighted by molar-refractivity contribution is 0.448. The van der Waals surface area contributed by atoms with Crippen LogP contribution in [0.5, 0.6) is 0 Å². The number of hydrogen-bond donors (Lipinski definition) is 0. The fourth-order valence-electron chi connectivity index (χ4n) is 2.94. The molecule has 0 saturated heterocycles. The van der Waals surface area contributed by atoms with E-state index >= 15 is 0 Å². The zero-order chi connectivity index (χ0) is 19.7. The van der Waals surface area contributed by atoms with Crippen LogP contribution in [0.4, 0.5) is 17.6 Å². The topological polar surface area (TPSA) is 17.8 Å². The van der Waals surface area contributed by atoms with Gasteiger partial charge in [-0.15, -0.1) is 0 Å². The molecule has 0 N–H and O–H groups in total. The molecule has 0 spiro atoms. The third kappa shape index (κ3) is 3.20. The predicted molar refractivity (Wildman–Crippen MR) is 102 cm³/mol. The Bertz CT molecular complexity index is 1050. The maximum atomic E-state index is 14.4. The van der Waals surface area contributed by atoms with E-state index < -0.39 is 36.9 Å². The van der Waals surface area contributed by atoms with Gasteiger partial charge in [0.05, 0.1) is 0 Å². The molecule has 1 aromatic heterocycles. The van der Waals surface area contributed by atoms with Gasteiger partial charge in [-0.05, 0) is 10.6 Å². The molecule has 4 rings (SSSR count). The van der Waals surface area contributed by atoms with Gasteiger partial charge in [0.25, 0.3) is 0 Å². The van der Waals surface area contributed by atoms with Crippen LogP contribution in [0.3, 0.4) is 0 Å². The largest absolute Gasteiger partial charge is 0.294 e. The molecule has 7 heteroatoms. The van der Waals surface area contributed by atoms with Crippen LogP contribution in [0, 0.1) is 23.3 Å². The van der Waals surface area contributed by atoms with Crippen LogP contribution >= 0.6 is 7.92 Å². The first-order valence-electron chi connectivity index (χ1n) is 8.35. The van der Waals surface area contributed by atoms with Crippen molar-refractivity contribution in [2.24, 2.45) is 0 Å². The highest BCUT2D eigenvalue weighted by atomic mass is 31.1. The van der Waals surface area contributed by atoms with E-state index in [4.69, 9.17) is 0 Å². The van der Waals surface area contributed by atoms with Gasteiger partial charge in [-0.3, -0.25) is 4.57 Å². The third-order valence-corrected chi connectivity index (χ3v) is 6.54. The summed E-state index contributed by atoms with van der Waals surface area (Å²) in [5.41, 5.74) is -0.514. The smallest absolute Gasteiger partial charge is 0.186 e. The third-order valence-electron chi connectivity index (χ3n) is 4.18. The van der Waals surface area contributed by atoms with Crippen molar-refractivity contribution in [3.8, 4) is 5.69 Å². The van der Waals surface area contributed by atoms with Gasteiger partial charge in [-0.1, -0.05) is 60.7 Å². The molecule has 0 aliphatic carbocycles. The number of rotatable bonds is 4. The molecule has 0 radical (unpaired) electrons. The van der Waals surface area contributed by atoms with Crippen LogP contribution < -0.4 is 16.2 Å². The number of nitrogens with zero attached hydrogens (tertiary/aromatic N) is 2. The van der Waals surface area contributed by atoms with Crippen LogP contribution in [-0.2, 0) is 0 Å². The molecule has 4 aromatic rings. The maximum Gasteiger partial charge on any atom is 0.186 e. The number of imidazole rings is 1. The van der Waals surface area contributed by atoms with Crippen molar-refractivity contribution in [2.45, 2.75) is 0 Å². The highest BCUT2D eigenvalue weighted by Gasteiger charge is 2.27. The molecule has 140 valence electrons. The minimum absolute atomic E-state index is 0.196. The first kappa shape index (κ1) is 18.4. The molecular weight excluding hydrogens is 387 g/mol. The SMILES string of the molecule is Fc1cc(F)c(F)c(-n2ccnc2P(c2ccccc2)c2ccccc2)c1F. The molecule has 0 atom stereocenters. The van der Waals surface area contributed by atoms with Crippen molar-refractivity contribution in [1.29, 1.82) is 0 Å². The zero-order valence-electron chi connectivity index (χ0n) is 14.4. The highest BCUT2D eigenvalue weighted by molar-refractivity contribution is 7.79. The summed E-state index contributed by atoms with van der Waals surface area (Å²) in [5.74, 6) is -5.85. The van der Waals surface area contributed by atoms with Gasteiger partial charge < -0.3 is 0 Å². The Hall–Kier alpha value is -2.98. The summed E-state index contributed by atoms with van der Waals surface area (Å²) in [6, 6.07) is 18.9. The van der Waals surface area contributed by atoms with E-state index in [9.17, 15) is 17.6 Å². The second-order valence-corrected chi connectivity index (χ2v) is 8.02. The molecule has 0 aliphatic heterocycles. The first-order valence-corrected chi connectivity index (χ1v) is 9.69. The van der Waals surface area contributed by atoms with Crippen molar-refractivity contribution in [2.75, 3.05) is 0 Å². The summed E-state index contributed by atoms with van der Waals surface area (Å²) < 4.78 is 57.5. The molecule has 0 unspecified atom stereocenters. The van der Waals surface area contributed by atoms with Gasteiger partial charge in [0.2, 0.25) is 0 Å². The van der Waals surface area contributed by atoms with Crippen molar-refractivity contribution >= 4 is 24.1 Å². The Morgan fingerprint density at radius 3 is 1.71 bits per heavy atom. The summed E-state index contributed by atoms with van der Waals surface area (Å²) in [6.07, 6.45) is 2.66. The van der Waals surface area contributed by atoms with E-state index in [1.54, 1.807) is 0 Å². The second-order valence-electron chi connectivity index (χ2n) is 5.92. The summed E-state index contributed by atoms with van der Waals surface area (Å²) in [6.45, 7) is 0. The predicted octanol–water partition coefficient (Wildman–Crippen LogP) is 4.19. The van der Waals surface area contributed by atoms with E-state index in [1.807, 2.05) is 60.7 Å². The van der Waals surface area contributed by atoms with Crippen molar-refractivity contribution in [3.63, 3.8) is 0 Å². The molecule has 3 aromatic carbocycles. The van der Waals surface area contributed by atoms with Gasteiger partial charge in [0.15, 0.2) is 23.3 Å². The van der Waals surface area contributed by atoms with Gasteiger partial charge in [0.1, 0.15) is 11.3 Å². The van der Waals surface area contributed by atoms with E-state index in [0.29, 0.717) is 5.57 Å². The standard InChI is InChI=1S/C21H13F4N2P/c22-16-13-17(23)19(25)20(18(16)24)27-12-11-26-21(27)28(14-7-3-1-4-8-14)15-9-5-2-6-10-15/h1-13H. The molecule has 0 aliphatic rings. The number of halogens is 4. The lowest BCUT2D eigenvalue weighted by Crippen LogP contribution is -2.28. The van der Waals surface area contributed by atoms with E-state index in [-0.39, 0.29) is 6.07 Å². The van der Waals surface area contributed by atoms with Gasteiger partial charge in [-0.25, -0.2) is 22.5 Å². The molecule has 0 amide bonds. The Balaban J connectivity index is 1.97. The molecule has 1 heterocycles. The zero-order valence-corrected chi connectivity index (χ0v) is 15.3. The molecule has 0 fully saturated rings. The Morgan fingerprint density at radius 2 is 1.21 bits per heavy atom. The van der Waals surface area contributed by atoms with Crippen molar-refractivity contribution < 1.29 is 17.6 Å². The molecule has 0 saturated carbocycles. The minimum Gasteiger partial charge on any atom is -0.294 e. The number of aromatic nitrogens is 2. The van der Waals surface area contributed by atoms with Gasteiger partial charge >= 0.3 is 0 Å². The average molecular weight is 400 g/mol. The number of hydrogen-bond acceptors (Lipinski definition) is 1. The van der Waals surface area contributed by atoms with Crippen LogP contribution in [-0.4, -0.2) is 9.55 Å². The van der Waals surface area contributed by atoms with Gasteiger partial charge in [0, 0.05) is 26.4 Å². The van der Waals surface area contributed by atoms with Crippen LogP contribution in [0.25, 0.3) is 5.69 Å². The highest BCUT2D eigenvalue weighted by Crippen LogP contribution is 2.34. The molecule has 28 heavy (non-hydrogen) atoms. The van der Waals surface area contributed by atoms with E-state index in [0.717, 1.165) is 15.2 Å². The summed E-state index contributed by atoms with van der Waals surface area (Å²) in [7, 11) is -1.32. The van der Waals surface area contributed by atoms with Gasteiger partial charge in [-0.2, -0.15) is 0 Å². The van der Waals surface area contributed by atoms with Crippen LogP contribution in [0.1, 0.15) is 0 Å². The Labute approximate surface area is 159 Å². The lowest BCUT2D eigenvalue weighted by Gasteiger charge is -2.20. The normalized spacial score (nSPS) is 11.2. The van der Waals surface area contributed by atoms with Crippen molar-refractivity contribution in [1.82, 2.24) is 9.55 Å². The fraction of sp³-hybridized carbons (Fsp3) is 0. The maximum absolute atomic E-state index is 14.4. The van der Waals surface area contributed by atoms with E-state index in [2.05, 4.69) is 4.98 Å². The molecule has 0 bridgehead atoms. The summed E-state index contributed by atoms with van der Waals surface area (Å²) >= 11 is 0. The Kier molecular flexibility index (Phi) is 4.97. The van der Waals surface area contributed by atoms with E-state index in [1.165, 1.54) is 12.4 Å². The lowest BCUT2D eigenvalue weighted by atomic mass is 10.2. The average Bonchev–Trinajstić information content (AvgIpc) is 3.17. The molecular formula is C21H13F4N2P. The summed E-state index contributed by atoms with van der Waals surface area (Å²) in [5, 5.41) is 1.77. The van der Waals surface area contributed by atoms with Crippen LogP contribution in [0.2, 0.25) is 0 Å². The Morgan fingerprint density at radius 1 is 0.714 bits per heavy atom. The quantitative estimate of drug-likeness (QED) is 0.285. The first-order chi connectivity index (χ1) is 13.6. The minimum atomic E-state index is -1.46. The van der Waals surface area contributed by atoms with Crippen molar-refractivity contribution in [3.05, 3.63) is 102 Å². The monoisotopic (exact) mass is 400 g/mol. The number of benzene rings is 3. The van der Waals surface area contributed by atoms with Crippen LogP contribution in [0.15, 0.2) is 79.1 Å². The second kappa shape index (κ2) is 7.56. The molecule has 2 nitrogen and oxygen atoms in total. The fourth-order valence-corrected chi connectivity index (χ4v) is 5.21.